The summed E-state index contributed by atoms with van der Waals surface area (Å²) in [6.07, 6.45) is 8.72. The molecule has 0 bridgehead atoms. The highest BCUT2D eigenvalue weighted by Gasteiger charge is 2.28. The van der Waals surface area contributed by atoms with Crippen LogP contribution in [-0.4, -0.2) is 25.7 Å². The second-order valence-corrected chi connectivity index (χ2v) is 4.80. The standard InChI is InChI=1S/C14H22O4/c1-5-11-18-13(16)14(2,3)10-8-6-7-9-12(15)17-4/h1H,6-11H2,2-4H3. The van der Waals surface area contributed by atoms with Crippen molar-refractivity contribution in [3.8, 4) is 12.3 Å². The summed E-state index contributed by atoms with van der Waals surface area (Å²) < 4.78 is 9.47. The van der Waals surface area contributed by atoms with Crippen LogP contribution in [0.2, 0.25) is 0 Å². The van der Waals surface area contributed by atoms with Gasteiger partial charge in [-0.05, 0) is 26.7 Å². The molecule has 0 aliphatic heterocycles. The Morgan fingerprint density at radius 1 is 1.22 bits per heavy atom. The first-order chi connectivity index (χ1) is 8.44. The second-order valence-electron chi connectivity index (χ2n) is 4.80. The summed E-state index contributed by atoms with van der Waals surface area (Å²) in [5.74, 6) is 1.81. The summed E-state index contributed by atoms with van der Waals surface area (Å²) in [6, 6.07) is 0. The van der Waals surface area contributed by atoms with Gasteiger partial charge in [-0.2, -0.15) is 0 Å². The van der Waals surface area contributed by atoms with Crippen LogP contribution in [0, 0.1) is 17.8 Å². The number of unbranched alkanes of at least 4 members (excludes halogenated alkanes) is 2. The van der Waals surface area contributed by atoms with E-state index in [4.69, 9.17) is 11.2 Å². The van der Waals surface area contributed by atoms with Crippen molar-refractivity contribution >= 4 is 11.9 Å². The third-order valence-electron chi connectivity index (χ3n) is 2.75. The van der Waals surface area contributed by atoms with Gasteiger partial charge in [-0.15, -0.1) is 6.42 Å². The number of carbonyl (C=O) groups is 2. The number of hydrogen-bond donors (Lipinski definition) is 0. The lowest BCUT2D eigenvalue weighted by Gasteiger charge is -2.21. The number of terminal acetylenes is 1. The summed E-state index contributed by atoms with van der Waals surface area (Å²) in [6.45, 7) is 3.70. The molecule has 4 nitrogen and oxygen atoms in total. The molecule has 0 saturated carbocycles. The van der Waals surface area contributed by atoms with Gasteiger partial charge in [0.1, 0.15) is 0 Å². The second kappa shape index (κ2) is 8.57. The molecule has 0 aliphatic carbocycles. The zero-order chi connectivity index (χ0) is 14.0. The minimum atomic E-state index is -0.526. The normalized spacial score (nSPS) is 10.6. The Morgan fingerprint density at radius 3 is 2.44 bits per heavy atom. The highest BCUT2D eigenvalue weighted by Crippen LogP contribution is 2.25. The van der Waals surface area contributed by atoms with Gasteiger partial charge in [0.2, 0.25) is 0 Å². The van der Waals surface area contributed by atoms with Crippen molar-refractivity contribution in [3.63, 3.8) is 0 Å². The van der Waals surface area contributed by atoms with Crippen molar-refractivity contribution in [1.29, 1.82) is 0 Å². The number of rotatable bonds is 8. The predicted octanol–water partition coefficient (Wildman–Crippen LogP) is 2.31. The topological polar surface area (TPSA) is 52.6 Å². The molecule has 0 amide bonds. The van der Waals surface area contributed by atoms with E-state index in [1.807, 2.05) is 13.8 Å². The molecule has 0 aliphatic rings. The van der Waals surface area contributed by atoms with Crippen molar-refractivity contribution in [3.05, 3.63) is 0 Å². The van der Waals surface area contributed by atoms with Crippen LogP contribution in [0.5, 0.6) is 0 Å². The van der Waals surface area contributed by atoms with Gasteiger partial charge < -0.3 is 9.47 Å². The quantitative estimate of drug-likeness (QED) is 0.379. The first kappa shape index (κ1) is 16.5. The van der Waals surface area contributed by atoms with Crippen LogP contribution in [0.25, 0.3) is 0 Å². The van der Waals surface area contributed by atoms with Crippen molar-refractivity contribution < 1.29 is 19.1 Å². The SMILES string of the molecule is C#CCOC(=O)C(C)(C)CCCCCC(=O)OC. The van der Waals surface area contributed by atoms with E-state index in [1.54, 1.807) is 0 Å². The van der Waals surface area contributed by atoms with Crippen LogP contribution < -0.4 is 0 Å². The van der Waals surface area contributed by atoms with Crippen molar-refractivity contribution in [2.75, 3.05) is 13.7 Å². The zero-order valence-electron chi connectivity index (χ0n) is 11.5. The molecule has 0 radical (unpaired) electrons. The molecule has 0 aromatic heterocycles. The number of carbonyl (C=O) groups excluding carboxylic acids is 2. The molecule has 0 N–H and O–H groups in total. The summed E-state index contributed by atoms with van der Waals surface area (Å²) in [5, 5.41) is 0. The fraction of sp³-hybridized carbons (Fsp3) is 0.714. The van der Waals surface area contributed by atoms with Gasteiger partial charge in [-0.25, -0.2) is 0 Å². The molecule has 0 heterocycles. The van der Waals surface area contributed by atoms with E-state index in [-0.39, 0.29) is 18.5 Å². The number of ether oxygens (including phenoxy) is 2. The number of hydrogen-bond acceptors (Lipinski definition) is 4. The highest BCUT2D eigenvalue weighted by molar-refractivity contribution is 5.76. The van der Waals surface area contributed by atoms with Gasteiger partial charge in [0.25, 0.3) is 0 Å². The van der Waals surface area contributed by atoms with E-state index >= 15 is 0 Å². The molecule has 0 rings (SSSR count). The molecule has 0 fully saturated rings. The minimum absolute atomic E-state index is 0.0185. The maximum atomic E-state index is 11.7. The molecule has 4 heteroatoms. The average Bonchev–Trinajstić information content (AvgIpc) is 2.34. The lowest BCUT2D eigenvalue weighted by molar-refractivity contribution is -0.153. The Balaban J connectivity index is 3.80. The number of methoxy groups -OCH3 is 1. The molecule has 102 valence electrons. The van der Waals surface area contributed by atoms with Crippen LogP contribution in [0.15, 0.2) is 0 Å². The van der Waals surface area contributed by atoms with E-state index in [9.17, 15) is 9.59 Å². The van der Waals surface area contributed by atoms with Crippen LogP contribution in [0.4, 0.5) is 0 Å². The van der Waals surface area contributed by atoms with E-state index in [1.165, 1.54) is 7.11 Å². The van der Waals surface area contributed by atoms with E-state index in [0.717, 1.165) is 25.7 Å². The molecule has 0 unspecified atom stereocenters. The predicted molar refractivity (Wildman–Crippen MR) is 68.7 cm³/mol. The summed E-state index contributed by atoms with van der Waals surface area (Å²) in [7, 11) is 1.38. The van der Waals surface area contributed by atoms with Crippen LogP contribution in [0.1, 0.15) is 46.0 Å². The third-order valence-corrected chi connectivity index (χ3v) is 2.75. The summed E-state index contributed by atoms with van der Waals surface area (Å²) in [5.41, 5.74) is -0.526. The van der Waals surface area contributed by atoms with Gasteiger partial charge in [0.15, 0.2) is 6.61 Å². The van der Waals surface area contributed by atoms with Crippen LogP contribution in [-0.2, 0) is 19.1 Å². The molecule has 18 heavy (non-hydrogen) atoms. The Hall–Kier alpha value is -1.50. The Bertz CT molecular complexity index is 312. The molecule has 0 spiro atoms. The van der Waals surface area contributed by atoms with Crippen molar-refractivity contribution in [2.45, 2.75) is 46.0 Å². The van der Waals surface area contributed by atoms with Crippen molar-refractivity contribution in [1.82, 2.24) is 0 Å². The van der Waals surface area contributed by atoms with Gasteiger partial charge in [0.05, 0.1) is 12.5 Å². The Kier molecular flexibility index (Phi) is 7.86. The van der Waals surface area contributed by atoms with E-state index in [0.29, 0.717) is 6.42 Å². The van der Waals surface area contributed by atoms with Gasteiger partial charge >= 0.3 is 11.9 Å². The van der Waals surface area contributed by atoms with Gasteiger partial charge in [-0.3, -0.25) is 9.59 Å². The van der Waals surface area contributed by atoms with Crippen LogP contribution >= 0.6 is 0 Å². The first-order valence-corrected chi connectivity index (χ1v) is 6.11. The molecule has 0 aromatic carbocycles. The van der Waals surface area contributed by atoms with Gasteiger partial charge in [0, 0.05) is 6.42 Å². The zero-order valence-corrected chi connectivity index (χ0v) is 11.5. The summed E-state index contributed by atoms with van der Waals surface area (Å²) in [4.78, 5) is 22.5. The lowest BCUT2D eigenvalue weighted by Crippen LogP contribution is -2.26. The van der Waals surface area contributed by atoms with Crippen molar-refractivity contribution in [2.24, 2.45) is 5.41 Å². The Morgan fingerprint density at radius 2 is 1.89 bits per heavy atom. The Labute approximate surface area is 109 Å². The largest absolute Gasteiger partial charge is 0.469 e. The fourth-order valence-electron chi connectivity index (χ4n) is 1.52. The first-order valence-electron chi connectivity index (χ1n) is 6.11. The smallest absolute Gasteiger partial charge is 0.312 e. The monoisotopic (exact) mass is 254 g/mol. The molecular formula is C14H22O4. The average molecular weight is 254 g/mol. The molecule has 0 aromatic rings. The maximum absolute atomic E-state index is 11.7. The van der Waals surface area contributed by atoms with Crippen LogP contribution in [0.3, 0.4) is 0 Å². The molecular weight excluding hydrogens is 232 g/mol. The number of esters is 2. The highest BCUT2D eigenvalue weighted by atomic mass is 16.5. The molecule has 0 saturated heterocycles. The molecule has 0 atom stereocenters. The minimum Gasteiger partial charge on any atom is -0.469 e. The maximum Gasteiger partial charge on any atom is 0.312 e. The van der Waals surface area contributed by atoms with E-state index < -0.39 is 5.41 Å². The third kappa shape index (κ3) is 6.95. The summed E-state index contributed by atoms with van der Waals surface area (Å²) >= 11 is 0. The van der Waals surface area contributed by atoms with Gasteiger partial charge in [-0.1, -0.05) is 18.8 Å². The lowest BCUT2D eigenvalue weighted by atomic mass is 9.87. The van der Waals surface area contributed by atoms with E-state index in [2.05, 4.69) is 10.7 Å². The fourth-order valence-corrected chi connectivity index (χ4v) is 1.52.